The Morgan fingerprint density at radius 3 is 2.89 bits per heavy atom. The van der Waals surface area contributed by atoms with Gasteiger partial charge >= 0.3 is 0 Å². The monoisotopic (exact) mass is 291 g/mol. The Balaban J connectivity index is 1.95. The third-order valence-corrected chi connectivity index (χ3v) is 5.45. The van der Waals surface area contributed by atoms with Crippen LogP contribution in [0.15, 0.2) is 20.8 Å². The van der Waals surface area contributed by atoms with E-state index in [0.717, 1.165) is 33.5 Å². The summed E-state index contributed by atoms with van der Waals surface area (Å²) in [6.07, 6.45) is 4.78. The molecule has 100 valence electrons. The van der Waals surface area contributed by atoms with E-state index in [1.807, 2.05) is 6.92 Å². The number of thiazole rings is 1. The van der Waals surface area contributed by atoms with Gasteiger partial charge in [0.1, 0.15) is 5.03 Å². The summed E-state index contributed by atoms with van der Waals surface area (Å²) in [5.74, 6) is 0. The Labute approximate surface area is 121 Å². The summed E-state index contributed by atoms with van der Waals surface area (Å²) >= 11 is 3.32. The molecule has 2 aromatic heterocycles. The van der Waals surface area contributed by atoms with Crippen molar-refractivity contribution >= 4 is 23.1 Å². The van der Waals surface area contributed by atoms with E-state index in [1.165, 1.54) is 24.1 Å². The Bertz CT molecular complexity index is 592. The lowest BCUT2D eigenvalue weighted by atomic mass is 9.95. The van der Waals surface area contributed by atoms with Crippen molar-refractivity contribution in [2.24, 2.45) is 5.73 Å². The topological polar surface area (TPSA) is 51.8 Å². The molecular weight excluding hydrogens is 274 g/mol. The first-order valence-corrected chi connectivity index (χ1v) is 8.27. The second-order valence-electron chi connectivity index (χ2n) is 4.83. The number of aryl methyl sites for hydroxylation is 3. The minimum absolute atomic E-state index is 0.549. The van der Waals surface area contributed by atoms with Crippen molar-refractivity contribution in [2.45, 2.75) is 48.5 Å². The Hall–Kier alpha value is -0.910. The predicted octanol–water partition coefficient (Wildman–Crippen LogP) is 3.34. The zero-order valence-corrected chi connectivity index (χ0v) is 12.6. The molecule has 0 aromatic carbocycles. The number of pyridine rings is 1. The SMILES string of the molecule is Cc1csc(Sc2nc3c(cc2CN)CCCC3)n1. The molecule has 1 aliphatic carbocycles. The van der Waals surface area contributed by atoms with Gasteiger partial charge in [0.15, 0.2) is 4.34 Å². The standard InChI is InChI=1S/C14H17N3S2/c1-9-8-18-14(16-9)19-13-11(7-15)6-10-4-2-3-5-12(10)17-13/h6,8H,2-5,7,15H2,1H3. The van der Waals surface area contributed by atoms with Gasteiger partial charge < -0.3 is 5.73 Å². The van der Waals surface area contributed by atoms with E-state index < -0.39 is 0 Å². The maximum absolute atomic E-state index is 5.87. The van der Waals surface area contributed by atoms with E-state index in [2.05, 4.69) is 16.4 Å². The van der Waals surface area contributed by atoms with Crippen molar-refractivity contribution in [2.75, 3.05) is 0 Å². The van der Waals surface area contributed by atoms with Crippen LogP contribution in [0.4, 0.5) is 0 Å². The first-order valence-electron chi connectivity index (χ1n) is 6.58. The maximum Gasteiger partial charge on any atom is 0.156 e. The van der Waals surface area contributed by atoms with Crippen LogP contribution in [0.3, 0.4) is 0 Å². The van der Waals surface area contributed by atoms with Crippen molar-refractivity contribution in [1.29, 1.82) is 0 Å². The molecule has 0 aliphatic heterocycles. The molecule has 1 aliphatic rings. The van der Waals surface area contributed by atoms with Gasteiger partial charge in [-0.2, -0.15) is 0 Å². The lowest BCUT2D eigenvalue weighted by molar-refractivity contribution is 0.656. The van der Waals surface area contributed by atoms with Crippen LogP contribution in [0.25, 0.3) is 0 Å². The van der Waals surface area contributed by atoms with E-state index in [9.17, 15) is 0 Å². The van der Waals surface area contributed by atoms with Gasteiger partial charge in [0.25, 0.3) is 0 Å². The van der Waals surface area contributed by atoms with Crippen molar-refractivity contribution in [1.82, 2.24) is 9.97 Å². The van der Waals surface area contributed by atoms with Crippen molar-refractivity contribution < 1.29 is 0 Å². The highest BCUT2D eigenvalue weighted by molar-refractivity contribution is 8.01. The molecular formula is C14H17N3S2. The van der Waals surface area contributed by atoms with Crippen molar-refractivity contribution in [3.8, 4) is 0 Å². The molecule has 0 unspecified atom stereocenters. The molecule has 0 spiro atoms. The number of fused-ring (bicyclic) bond motifs is 1. The van der Waals surface area contributed by atoms with Gasteiger partial charge in [-0.3, -0.25) is 0 Å². The quantitative estimate of drug-likeness (QED) is 0.942. The number of nitrogens with zero attached hydrogens (tertiary/aromatic N) is 2. The lowest BCUT2D eigenvalue weighted by Crippen LogP contribution is -2.10. The fraction of sp³-hybridized carbons (Fsp3) is 0.429. The van der Waals surface area contributed by atoms with Gasteiger partial charge in [-0.1, -0.05) is 6.07 Å². The second-order valence-corrected chi connectivity index (χ2v) is 6.92. The molecule has 0 saturated heterocycles. The molecule has 0 radical (unpaired) electrons. The van der Waals surface area contributed by atoms with E-state index in [1.54, 1.807) is 23.1 Å². The Morgan fingerprint density at radius 2 is 2.16 bits per heavy atom. The zero-order chi connectivity index (χ0) is 13.2. The highest BCUT2D eigenvalue weighted by atomic mass is 32.2. The normalized spacial score (nSPS) is 14.4. The minimum Gasteiger partial charge on any atom is -0.326 e. The molecule has 2 heterocycles. The largest absolute Gasteiger partial charge is 0.326 e. The molecule has 0 fully saturated rings. The van der Waals surface area contributed by atoms with Crippen LogP contribution in [-0.2, 0) is 19.4 Å². The molecule has 0 atom stereocenters. The zero-order valence-electron chi connectivity index (χ0n) is 11.0. The van der Waals surface area contributed by atoms with Crippen LogP contribution in [0, 0.1) is 6.92 Å². The third-order valence-electron chi connectivity index (χ3n) is 3.34. The summed E-state index contributed by atoms with van der Waals surface area (Å²) in [7, 11) is 0. The highest BCUT2D eigenvalue weighted by Crippen LogP contribution is 2.33. The van der Waals surface area contributed by atoms with Crippen LogP contribution in [0.5, 0.6) is 0 Å². The molecule has 0 amide bonds. The van der Waals surface area contributed by atoms with Gasteiger partial charge in [0.05, 0.1) is 0 Å². The minimum atomic E-state index is 0.549. The molecule has 3 nitrogen and oxygen atoms in total. The van der Waals surface area contributed by atoms with E-state index in [4.69, 9.17) is 10.7 Å². The molecule has 0 saturated carbocycles. The summed E-state index contributed by atoms with van der Waals surface area (Å²) in [6, 6.07) is 2.25. The van der Waals surface area contributed by atoms with Crippen LogP contribution in [-0.4, -0.2) is 9.97 Å². The van der Waals surface area contributed by atoms with Crippen LogP contribution in [0.2, 0.25) is 0 Å². The number of nitrogens with two attached hydrogens (primary N) is 1. The Morgan fingerprint density at radius 1 is 1.32 bits per heavy atom. The maximum atomic E-state index is 5.87. The molecule has 2 N–H and O–H groups in total. The van der Waals surface area contributed by atoms with Gasteiger partial charge in [-0.05, 0) is 55.5 Å². The fourth-order valence-electron chi connectivity index (χ4n) is 2.36. The highest BCUT2D eigenvalue weighted by Gasteiger charge is 2.16. The first-order chi connectivity index (χ1) is 9.26. The number of aromatic nitrogens is 2. The van der Waals surface area contributed by atoms with Crippen LogP contribution < -0.4 is 5.73 Å². The molecule has 5 heteroatoms. The fourth-order valence-corrected chi connectivity index (χ4v) is 4.24. The summed E-state index contributed by atoms with van der Waals surface area (Å²) < 4.78 is 1.05. The van der Waals surface area contributed by atoms with Gasteiger partial charge in [-0.15, -0.1) is 11.3 Å². The molecule has 0 bridgehead atoms. The van der Waals surface area contributed by atoms with Gasteiger partial charge in [-0.25, -0.2) is 9.97 Å². The molecule has 19 heavy (non-hydrogen) atoms. The first kappa shape index (κ1) is 13.1. The van der Waals surface area contributed by atoms with Gasteiger partial charge in [0, 0.05) is 23.3 Å². The summed E-state index contributed by atoms with van der Waals surface area (Å²) in [6.45, 7) is 2.57. The molecule has 3 rings (SSSR count). The van der Waals surface area contributed by atoms with Crippen molar-refractivity contribution in [3.05, 3.63) is 34.0 Å². The number of hydrogen-bond donors (Lipinski definition) is 1. The summed E-state index contributed by atoms with van der Waals surface area (Å²) in [5, 5.41) is 3.11. The average molecular weight is 291 g/mol. The summed E-state index contributed by atoms with van der Waals surface area (Å²) in [5.41, 5.74) is 10.8. The average Bonchev–Trinajstić information content (AvgIpc) is 2.83. The van der Waals surface area contributed by atoms with E-state index >= 15 is 0 Å². The smallest absolute Gasteiger partial charge is 0.156 e. The van der Waals surface area contributed by atoms with E-state index in [0.29, 0.717) is 6.54 Å². The Kier molecular flexibility index (Phi) is 3.86. The number of rotatable bonds is 3. The second kappa shape index (κ2) is 5.61. The van der Waals surface area contributed by atoms with Crippen LogP contribution >= 0.6 is 23.1 Å². The predicted molar refractivity (Wildman–Crippen MR) is 79.7 cm³/mol. The van der Waals surface area contributed by atoms with Crippen molar-refractivity contribution in [3.63, 3.8) is 0 Å². The summed E-state index contributed by atoms with van der Waals surface area (Å²) in [4.78, 5) is 9.33. The van der Waals surface area contributed by atoms with E-state index in [-0.39, 0.29) is 0 Å². The molecule has 2 aromatic rings. The van der Waals surface area contributed by atoms with Gasteiger partial charge in [0.2, 0.25) is 0 Å². The van der Waals surface area contributed by atoms with Crippen LogP contribution in [0.1, 0.15) is 35.4 Å². The number of hydrogen-bond acceptors (Lipinski definition) is 5. The third kappa shape index (κ3) is 2.83. The lowest BCUT2D eigenvalue weighted by Gasteiger charge is -2.17.